The normalized spacial score (nSPS) is 22.8. The minimum atomic E-state index is 0.0455. The van der Waals surface area contributed by atoms with Gasteiger partial charge in [0.15, 0.2) is 6.61 Å². The fourth-order valence-electron chi connectivity index (χ4n) is 3.08. The molecule has 0 radical (unpaired) electrons. The van der Waals surface area contributed by atoms with Crippen LogP contribution in [0, 0.1) is 0 Å². The molecule has 1 atom stereocenters. The summed E-state index contributed by atoms with van der Waals surface area (Å²) in [4.78, 5) is 16.6. The highest BCUT2D eigenvalue weighted by atomic mass is 35.5. The summed E-state index contributed by atoms with van der Waals surface area (Å²) in [6.07, 6.45) is 1.21. The summed E-state index contributed by atoms with van der Waals surface area (Å²) in [5.74, 6) is 0.681. The van der Waals surface area contributed by atoms with Crippen LogP contribution in [0.5, 0.6) is 5.75 Å². The van der Waals surface area contributed by atoms with Gasteiger partial charge in [0.25, 0.3) is 5.91 Å². The van der Waals surface area contributed by atoms with Crippen LogP contribution in [0.4, 0.5) is 0 Å². The van der Waals surface area contributed by atoms with Crippen LogP contribution >= 0.6 is 11.6 Å². The first-order chi connectivity index (χ1) is 10.7. The van der Waals surface area contributed by atoms with Gasteiger partial charge in [0.1, 0.15) is 5.75 Å². The van der Waals surface area contributed by atoms with Gasteiger partial charge in [-0.2, -0.15) is 0 Å². The number of amides is 1. The molecule has 0 saturated carbocycles. The van der Waals surface area contributed by atoms with Crippen LogP contribution in [0.15, 0.2) is 24.3 Å². The van der Waals surface area contributed by atoms with Crippen molar-refractivity contribution in [2.45, 2.75) is 12.5 Å². The maximum absolute atomic E-state index is 12.2. The molecule has 0 spiro atoms. The molecule has 2 saturated heterocycles. The molecule has 6 heteroatoms. The average molecular weight is 324 g/mol. The maximum Gasteiger partial charge on any atom is 0.260 e. The van der Waals surface area contributed by atoms with Crippen LogP contribution in [0.3, 0.4) is 0 Å². The largest absolute Gasteiger partial charge is 0.484 e. The van der Waals surface area contributed by atoms with Crippen molar-refractivity contribution >= 4 is 17.5 Å². The molecule has 120 valence electrons. The summed E-state index contributed by atoms with van der Waals surface area (Å²) >= 11 is 5.90. The molecule has 1 amide bonds. The van der Waals surface area contributed by atoms with Crippen LogP contribution in [-0.4, -0.2) is 67.6 Å². The van der Waals surface area contributed by atoms with Gasteiger partial charge in [-0.15, -0.1) is 0 Å². The van der Waals surface area contributed by atoms with Gasteiger partial charge in [-0.1, -0.05) is 17.7 Å². The number of piperazine rings is 1. The van der Waals surface area contributed by atoms with E-state index in [-0.39, 0.29) is 12.5 Å². The Hall–Kier alpha value is -1.30. The maximum atomic E-state index is 12.2. The van der Waals surface area contributed by atoms with Crippen LogP contribution in [0.1, 0.15) is 6.42 Å². The number of carbonyl (C=O) groups is 1. The number of hydrogen-bond acceptors (Lipinski definition) is 4. The molecule has 2 aliphatic rings. The Labute approximate surface area is 136 Å². The van der Waals surface area contributed by atoms with Crippen molar-refractivity contribution < 1.29 is 9.53 Å². The third-order valence-electron chi connectivity index (χ3n) is 4.38. The number of benzene rings is 1. The van der Waals surface area contributed by atoms with E-state index in [1.54, 1.807) is 12.1 Å². The zero-order valence-corrected chi connectivity index (χ0v) is 13.4. The van der Waals surface area contributed by atoms with Crippen LogP contribution in [0.2, 0.25) is 5.02 Å². The lowest BCUT2D eigenvalue weighted by molar-refractivity contribution is -0.135. The number of hydrogen-bond donors (Lipinski definition) is 1. The molecule has 2 fully saturated rings. The fraction of sp³-hybridized carbons (Fsp3) is 0.562. The number of nitrogens with one attached hydrogen (secondary N) is 1. The minimum Gasteiger partial charge on any atom is -0.484 e. The van der Waals surface area contributed by atoms with Crippen molar-refractivity contribution in [3.05, 3.63) is 29.3 Å². The Morgan fingerprint density at radius 3 is 2.82 bits per heavy atom. The van der Waals surface area contributed by atoms with Crippen molar-refractivity contribution in [2.24, 2.45) is 0 Å². The predicted molar refractivity (Wildman–Crippen MR) is 86.4 cm³/mol. The van der Waals surface area contributed by atoms with E-state index in [9.17, 15) is 4.79 Å². The summed E-state index contributed by atoms with van der Waals surface area (Å²) in [7, 11) is 0. The van der Waals surface area contributed by atoms with E-state index in [2.05, 4.69) is 10.2 Å². The lowest BCUT2D eigenvalue weighted by atomic mass is 10.2. The monoisotopic (exact) mass is 323 g/mol. The SMILES string of the molecule is O=C(COc1cccc(Cl)c1)N1CCN(C2CCNC2)CC1. The highest BCUT2D eigenvalue weighted by Crippen LogP contribution is 2.17. The highest BCUT2D eigenvalue weighted by molar-refractivity contribution is 6.30. The molecular formula is C16H22ClN3O2. The number of carbonyl (C=O) groups excluding carboxylic acids is 1. The van der Waals surface area contributed by atoms with Gasteiger partial charge in [0, 0.05) is 43.8 Å². The zero-order valence-electron chi connectivity index (χ0n) is 12.6. The smallest absolute Gasteiger partial charge is 0.260 e. The summed E-state index contributed by atoms with van der Waals surface area (Å²) in [5.41, 5.74) is 0. The first-order valence-corrected chi connectivity index (χ1v) is 8.21. The Morgan fingerprint density at radius 1 is 1.32 bits per heavy atom. The third-order valence-corrected chi connectivity index (χ3v) is 4.61. The van der Waals surface area contributed by atoms with Crippen molar-refractivity contribution in [2.75, 3.05) is 45.9 Å². The summed E-state index contributed by atoms with van der Waals surface area (Å²) in [6.45, 7) is 5.74. The third kappa shape index (κ3) is 3.91. The van der Waals surface area contributed by atoms with Crippen LogP contribution < -0.4 is 10.1 Å². The Balaban J connectivity index is 1.43. The van der Waals surface area contributed by atoms with Gasteiger partial charge in [0.2, 0.25) is 0 Å². The number of nitrogens with zero attached hydrogens (tertiary/aromatic N) is 2. The van der Waals surface area contributed by atoms with Gasteiger partial charge >= 0.3 is 0 Å². The first-order valence-electron chi connectivity index (χ1n) is 7.83. The van der Waals surface area contributed by atoms with E-state index < -0.39 is 0 Å². The van der Waals surface area contributed by atoms with Crippen molar-refractivity contribution in [3.8, 4) is 5.75 Å². The molecule has 0 bridgehead atoms. The predicted octanol–water partition coefficient (Wildman–Crippen LogP) is 1.22. The van der Waals surface area contributed by atoms with Crippen molar-refractivity contribution in [3.63, 3.8) is 0 Å². The van der Waals surface area contributed by atoms with Crippen molar-refractivity contribution in [1.82, 2.24) is 15.1 Å². The highest BCUT2D eigenvalue weighted by Gasteiger charge is 2.27. The second-order valence-electron chi connectivity index (χ2n) is 5.81. The zero-order chi connectivity index (χ0) is 15.4. The summed E-state index contributed by atoms with van der Waals surface area (Å²) < 4.78 is 5.53. The number of rotatable bonds is 4. The molecular weight excluding hydrogens is 302 g/mol. The second-order valence-corrected chi connectivity index (χ2v) is 6.25. The first kappa shape index (κ1) is 15.6. The average Bonchev–Trinajstić information content (AvgIpc) is 3.07. The van der Waals surface area contributed by atoms with Gasteiger partial charge in [-0.25, -0.2) is 0 Å². The van der Waals surface area contributed by atoms with Gasteiger partial charge in [-0.3, -0.25) is 9.69 Å². The molecule has 2 heterocycles. The fourth-order valence-corrected chi connectivity index (χ4v) is 3.26. The molecule has 2 aliphatic heterocycles. The number of halogens is 1. The second kappa shape index (κ2) is 7.31. The van der Waals surface area contributed by atoms with Crippen LogP contribution in [-0.2, 0) is 4.79 Å². The molecule has 3 rings (SSSR count). The van der Waals surface area contributed by atoms with Gasteiger partial charge in [0.05, 0.1) is 0 Å². The molecule has 1 N–H and O–H groups in total. The lowest BCUT2D eigenvalue weighted by Crippen LogP contribution is -2.53. The van der Waals surface area contributed by atoms with Crippen molar-refractivity contribution in [1.29, 1.82) is 0 Å². The molecule has 1 aromatic rings. The molecule has 0 aromatic heterocycles. The molecule has 1 unspecified atom stereocenters. The number of ether oxygens (including phenoxy) is 1. The topological polar surface area (TPSA) is 44.8 Å². The molecule has 5 nitrogen and oxygen atoms in total. The van der Waals surface area contributed by atoms with E-state index in [0.717, 1.165) is 39.3 Å². The van der Waals surface area contributed by atoms with Gasteiger partial charge in [-0.05, 0) is 31.2 Å². The lowest BCUT2D eigenvalue weighted by Gasteiger charge is -2.37. The quantitative estimate of drug-likeness (QED) is 0.905. The van der Waals surface area contributed by atoms with E-state index >= 15 is 0 Å². The molecule has 0 aliphatic carbocycles. The summed E-state index contributed by atoms with van der Waals surface area (Å²) in [6, 6.07) is 7.77. The summed E-state index contributed by atoms with van der Waals surface area (Å²) in [5, 5.41) is 4.01. The minimum absolute atomic E-state index is 0.0455. The Kier molecular flexibility index (Phi) is 5.18. The molecule has 1 aromatic carbocycles. The van der Waals surface area contributed by atoms with Gasteiger partial charge < -0.3 is 15.0 Å². The molecule has 22 heavy (non-hydrogen) atoms. The van der Waals surface area contributed by atoms with E-state index in [1.165, 1.54) is 6.42 Å². The van der Waals surface area contributed by atoms with E-state index in [1.807, 2.05) is 17.0 Å². The van der Waals surface area contributed by atoms with Crippen LogP contribution in [0.25, 0.3) is 0 Å². The Bertz CT molecular complexity index is 512. The standard InChI is InChI=1S/C16H22ClN3O2/c17-13-2-1-3-15(10-13)22-12-16(21)20-8-6-19(7-9-20)14-4-5-18-11-14/h1-3,10,14,18H,4-9,11-12H2. The Morgan fingerprint density at radius 2 is 2.14 bits per heavy atom. The van der Waals surface area contributed by atoms with E-state index in [0.29, 0.717) is 16.8 Å². The van der Waals surface area contributed by atoms with E-state index in [4.69, 9.17) is 16.3 Å².